The lowest BCUT2D eigenvalue weighted by Crippen LogP contribution is -2.54. The number of rotatable bonds is 4. The molecule has 1 aliphatic rings. The van der Waals surface area contributed by atoms with Crippen molar-refractivity contribution in [2.75, 3.05) is 13.2 Å². The number of unbranched alkanes of at least 4 members (excludes halogenated alkanes) is 2. The molecule has 1 heterocycles. The quantitative estimate of drug-likeness (QED) is 0.679. The molecule has 0 spiro atoms. The molecule has 1 unspecified atom stereocenters. The zero-order valence-corrected chi connectivity index (χ0v) is 9.23. The molecule has 1 rings (SSSR count). The van der Waals surface area contributed by atoms with Crippen LogP contribution in [-0.4, -0.2) is 24.8 Å². The maximum atomic E-state index is 5.75. The molecule has 2 nitrogen and oxygen atoms in total. The molecule has 0 bridgehead atoms. The van der Waals surface area contributed by atoms with E-state index in [2.05, 4.69) is 26.1 Å². The lowest BCUT2D eigenvalue weighted by Gasteiger charge is -2.39. The monoisotopic (exact) mass is 185 g/mol. The van der Waals surface area contributed by atoms with Gasteiger partial charge in [0.25, 0.3) is 0 Å². The van der Waals surface area contributed by atoms with Gasteiger partial charge in [0.15, 0.2) is 0 Å². The smallest absolute Gasteiger partial charge is 0.0779 e. The van der Waals surface area contributed by atoms with E-state index in [0.29, 0.717) is 6.04 Å². The molecule has 0 saturated carbocycles. The van der Waals surface area contributed by atoms with Crippen LogP contribution in [0.25, 0.3) is 0 Å². The van der Waals surface area contributed by atoms with Crippen LogP contribution in [0.5, 0.6) is 0 Å². The van der Waals surface area contributed by atoms with E-state index in [1.165, 1.54) is 25.7 Å². The van der Waals surface area contributed by atoms with E-state index in [0.717, 1.165) is 13.2 Å². The third kappa shape index (κ3) is 3.28. The average Bonchev–Trinajstić information content (AvgIpc) is 2.08. The first kappa shape index (κ1) is 11.0. The molecule has 0 amide bonds. The van der Waals surface area contributed by atoms with Gasteiger partial charge in [0, 0.05) is 12.6 Å². The summed E-state index contributed by atoms with van der Waals surface area (Å²) in [4.78, 5) is 0. The number of hydrogen-bond acceptors (Lipinski definition) is 2. The summed E-state index contributed by atoms with van der Waals surface area (Å²) < 4.78 is 5.75. The average molecular weight is 185 g/mol. The number of morpholine rings is 1. The van der Waals surface area contributed by atoms with E-state index in [1.54, 1.807) is 0 Å². The van der Waals surface area contributed by atoms with Crippen LogP contribution in [0.4, 0.5) is 0 Å². The Labute approximate surface area is 82.0 Å². The Morgan fingerprint density at radius 1 is 1.38 bits per heavy atom. The third-order valence-electron chi connectivity index (χ3n) is 2.90. The minimum absolute atomic E-state index is 0.0337. The van der Waals surface area contributed by atoms with Gasteiger partial charge >= 0.3 is 0 Å². The summed E-state index contributed by atoms with van der Waals surface area (Å²) in [6.07, 6.45) is 5.21. The molecule has 1 N–H and O–H groups in total. The van der Waals surface area contributed by atoms with Crippen molar-refractivity contribution in [1.29, 1.82) is 0 Å². The number of hydrogen-bond donors (Lipinski definition) is 1. The van der Waals surface area contributed by atoms with Gasteiger partial charge in [0.2, 0.25) is 0 Å². The van der Waals surface area contributed by atoms with E-state index in [-0.39, 0.29) is 5.60 Å². The van der Waals surface area contributed by atoms with Gasteiger partial charge in [0.05, 0.1) is 12.2 Å². The van der Waals surface area contributed by atoms with Gasteiger partial charge in [-0.25, -0.2) is 0 Å². The highest BCUT2D eigenvalue weighted by Crippen LogP contribution is 2.22. The Bertz CT molecular complexity index is 145. The summed E-state index contributed by atoms with van der Waals surface area (Å²) in [5.74, 6) is 0. The third-order valence-corrected chi connectivity index (χ3v) is 2.90. The standard InChI is InChI=1S/C11H23NO/c1-4-5-6-7-10-11(2,3)13-9-8-12-10/h10,12H,4-9H2,1-3H3. The molecular weight excluding hydrogens is 162 g/mol. The van der Waals surface area contributed by atoms with Crippen LogP contribution in [0.15, 0.2) is 0 Å². The van der Waals surface area contributed by atoms with Crippen LogP contribution in [0.2, 0.25) is 0 Å². The molecule has 2 heteroatoms. The molecule has 1 saturated heterocycles. The SMILES string of the molecule is CCCCCC1NCCOC1(C)C. The Hall–Kier alpha value is -0.0800. The molecule has 13 heavy (non-hydrogen) atoms. The van der Waals surface area contributed by atoms with Gasteiger partial charge in [-0.15, -0.1) is 0 Å². The summed E-state index contributed by atoms with van der Waals surface area (Å²) in [6, 6.07) is 0.549. The van der Waals surface area contributed by atoms with Gasteiger partial charge in [0.1, 0.15) is 0 Å². The second-order valence-electron chi connectivity index (χ2n) is 4.45. The molecular formula is C11H23NO. The van der Waals surface area contributed by atoms with E-state index in [4.69, 9.17) is 4.74 Å². The molecule has 0 aromatic rings. The predicted octanol–water partition coefficient (Wildman–Crippen LogP) is 2.33. The Morgan fingerprint density at radius 2 is 2.15 bits per heavy atom. The van der Waals surface area contributed by atoms with Crippen molar-refractivity contribution in [1.82, 2.24) is 5.32 Å². The first-order chi connectivity index (χ1) is 6.17. The molecule has 1 fully saturated rings. The summed E-state index contributed by atoms with van der Waals surface area (Å²) >= 11 is 0. The van der Waals surface area contributed by atoms with Gasteiger partial charge in [-0.2, -0.15) is 0 Å². The second kappa shape index (κ2) is 4.97. The minimum atomic E-state index is 0.0337. The lowest BCUT2D eigenvalue weighted by molar-refractivity contribution is -0.0732. The van der Waals surface area contributed by atoms with Crippen molar-refractivity contribution in [3.05, 3.63) is 0 Å². The van der Waals surface area contributed by atoms with Crippen molar-refractivity contribution in [3.8, 4) is 0 Å². The van der Waals surface area contributed by atoms with Crippen LogP contribution >= 0.6 is 0 Å². The zero-order valence-electron chi connectivity index (χ0n) is 9.23. The number of ether oxygens (including phenoxy) is 1. The Kier molecular flexibility index (Phi) is 4.20. The van der Waals surface area contributed by atoms with Gasteiger partial charge in [-0.3, -0.25) is 0 Å². The summed E-state index contributed by atoms with van der Waals surface area (Å²) in [5, 5.41) is 3.54. The van der Waals surface area contributed by atoms with Crippen LogP contribution < -0.4 is 5.32 Å². The highest BCUT2D eigenvalue weighted by atomic mass is 16.5. The fraction of sp³-hybridized carbons (Fsp3) is 1.00. The zero-order chi connectivity index (χ0) is 9.73. The molecule has 0 aromatic carbocycles. The van der Waals surface area contributed by atoms with E-state index in [1.807, 2.05) is 0 Å². The van der Waals surface area contributed by atoms with Crippen LogP contribution in [0, 0.1) is 0 Å². The molecule has 0 radical (unpaired) electrons. The Morgan fingerprint density at radius 3 is 2.77 bits per heavy atom. The maximum Gasteiger partial charge on any atom is 0.0779 e. The molecule has 0 aromatic heterocycles. The van der Waals surface area contributed by atoms with E-state index < -0.39 is 0 Å². The van der Waals surface area contributed by atoms with Crippen molar-refractivity contribution >= 4 is 0 Å². The van der Waals surface area contributed by atoms with Crippen molar-refractivity contribution in [2.45, 2.75) is 58.1 Å². The fourth-order valence-electron chi connectivity index (χ4n) is 1.94. The molecule has 1 aliphatic heterocycles. The first-order valence-electron chi connectivity index (χ1n) is 5.54. The second-order valence-corrected chi connectivity index (χ2v) is 4.45. The van der Waals surface area contributed by atoms with Gasteiger partial charge in [-0.05, 0) is 20.3 Å². The van der Waals surface area contributed by atoms with Gasteiger partial charge < -0.3 is 10.1 Å². The summed E-state index contributed by atoms with van der Waals surface area (Å²) in [7, 11) is 0. The molecule has 78 valence electrons. The summed E-state index contributed by atoms with van der Waals surface area (Å²) in [5.41, 5.74) is 0.0337. The van der Waals surface area contributed by atoms with Crippen LogP contribution in [-0.2, 0) is 4.74 Å². The van der Waals surface area contributed by atoms with E-state index >= 15 is 0 Å². The largest absolute Gasteiger partial charge is 0.373 e. The number of nitrogens with one attached hydrogen (secondary N) is 1. The van der Waals surface area contributed by atoms with Crippen LogP contribution in [0.1, 0.15) is 46.5 Å². The van der Waals surface area contributed by atoms with Crippen LogP contribution in [0.3, 0.4) is 0 Å². The fourth-order valence-corrected chi connectivity index (χ4v) is 1.94. The molecule has 0 aliphatic carbocycles. The minimum Gasteiger partial charge on any atom is -0.373 e. The van der Waals surface area contributed by atoms with Crippen molar-refractivity contribution < 1.29 is 4.74 Å². The Balaban J connectivity index is 2.29. The van der Waals surface area contributed by atoms with Gasteiger partial charge in [-0.1, -0.05) is 26.2 Å². The highest BCUT2D eigenvalue weighted by molar-refractivity contribution is 4.88. The van der Waals surface area contributed by atoms with E-state index in [9.17, 15) is 0 Å². The van der Waals surface area contributed by atoms with Crippen molar-refractivity contribution in [2.24, 2.45) is 0 Å². The maximum absolute atomic E-state index is 5.75. The molecule has 1 atom stereocenters. The first-order valence-corrected chi connectivity index (χ1v) is 5.54. The summed E-state index contributed by atoms with van der Waals surface area (Å²) in [6.45, 7) is 8.50. The lowest BCUT2D eigenvalue weighted by atomic mass is 9.92. The van der Waals surface area contributed by atoms with Crippen molar-refractivity contribution in [3.63, 3.8) is 0 Å². The normalized spacial score (nSPS) is 27.5. The highest BCUT2D eigenvalue weighted by Gasteiger charge is 2.32. The topological polar surface area (TPSA) is 21.3 Å². The predicted molar refractivity (Wildman–Crippen MR) is 56.0 cm³/mol.